The first kappa shape index (κ1) is 16.6. The van der Waals surface area contributed by atoms with Crippen LogP contribution in [-0.4, -0.2) is 35.2 Å². The van der Waals surface area contributed by atoms with Crippen LogP contribution in [0.3, 0.4) is 0 Å². The van der Waals surface area contributed by atoms with Crippen LogP contribution in [0.15, 0.2) is 65.7 Å². The Kier molecular flexibility index (Phi) is 5.54. The second-order valence-corrected chi connectivity index (χ2v) is 6.44. The molecule has 3 rings (SSSR count). The average molecular weight is 340 g/mol. The van der Waals surface area contributed by atoms with E-state index in [0.717, 1.165) is 10.9 Å². The molecule has 5 heteroatoms. The number of rotatable bonds is 5. The van der Waals surface area contributed by atoms with Crippen molar-refractivity contribution in [2.24, 2.45) is 4.99 Å². The highest BCUT2D eigenvalue weighted by molar-refractivity contribution is 8.13. The van der Waals surface area contributed by atoms with Gasteiger partial charge in [0.25, 0.3) is 5.91 Å². The number of para-hydroxylation sites is 1. The lowest BCUT2D eigenvalue weighted by Crippen LogP contribution is -2.41. The third-order valence-corrected chi connectivity index (χ3v) is 4.77. The SMILES string of the molecule is C[C@@H](Oc1ccccc1)C(=O)N1CCN=C1SCc1ccccc1. The first-order chi connectivity index (χ1) is 11.7. The van der Waals surface area contributed by atoms with Crippen molar-refractivity contribution in [2.45, 2.75) is 18.8 Å². The van der Waals surface area contributed by atoms with Crippen LogP contribution >= 0.6 is 11.8 Å². The normalized spacial score (nSPS) is 15.0. The Bertz CT molecular complexity index is 704. The van der Waals surface area contributed by atoms with Gasteiger partial charge in [0, 0.05) is 12.3 Å². The standard InChI is InChI=1S/C19H20N2O2S/c1-15(23-17-10-6-3-7-11-17)18(22)21-13-12-20-19(21)24-14-16-8-4-2-5-9-16/h2-11,15H,12-14H2,1H3/t15-/m1/s1. The summed E-state index contributed by atoms with van der Waals surface area (Å²) >= 11 is 1.60. The highest BCUT2D eigenvalue weighted by Crippen LogP contribution is 2.21. The van der Waals surface area contributed by atoms with Gasteiger partial charge in [-0.15, -0.1) is 0 Å². The summed E-state index contributed by atoms with van der Waals surface area (Å²) in [5, 5.41) is 0.785. The molecule has 0 radical (unpaired) electrons. The van der Waals surface area contributed by atoms with E-state index in [1.54, 1.807) is 23.6 Å². The van der Waals surface area contributed by atoms with Crippen molar-refractivity contribution in [3.8, 4) is 5.75 Å². The van der Waals surface area contributed by atoms with E-state index in [-0.39, 0.29) is 5.91 Å². The van der Waals surface area contributed by atoms with E-state index in [1.165, 1.54) is 5.56 Å². The number of benzene rings is 2. The number of hydrogen-bond donors (Lipinski definition) is 0. The van der Waals surface area contributed by atoms with Gasteiger partial charge in [-0.05, 0) is 24.6 Å². The number of amides is 1. The molecule has 0 aromatic heterocycles. The van der Waals surface area contributed by atoms with Crippen molar-refractivity contribution in [3.05, 3.63) is 66.2 Å². The maximum absolute atomic E-state index is 12.7. The second-order valence-electron chi connectivity index (χ2n) is 5.50. The highest BCUT2D eigenvalue weighted by atomic mass is 32.2. The highest BCUT2D eigenvalue weighted by Gasteiger charge is 2.29. The van der Waals surface area contributed by atoms with Crippen LogP contribution in [0.4, 0.5) is 0 Å². The Hall–Kier alpha value is -2.27. The summed E-state index contributed by atoms with van der Waals surface area (Å²) in [6.45, 7) is 3.06. The quantitative estimate of drug-likeness (QED) is 0.835. The Morgan fingerprint density at radius 2 is 1.83 bits per heavy atom. The second kappa shape index (κ2) is 8.02. The van der Waals surface area contributed by atoms with E-state index in [0.29, 0.717) is 18.8 Å². The largest absolute Gasteiger partial charge is 0.481 e. The first-order valence-electron chi connectivity index (χ1n) is 7.98. The van der Waals surface area contributed by atoms with Crippen LogP contribution < -0.4 is 4.74 Å². The van der Waals surface area contributed by atoms with Crippen LogP contribution in [0.25, 0.3) is 0 Å². The molecule has 1 atom stereocenters. The molecule has 1 heterocycles. The summed E-state index contributed by atoms with van der Waals surface area (Å²) in [5.74, 6) is 1.46. The Labute approximate surface area is 146 Å². The van der Waals surface area contributed by atoms with Crippen LogP contribution in [0, 0.1) is 0 Å². The minimum Gasteiger partial charge on any atom is -0.481 e. The zero-order valence-electron chi connectivity index (χ0n) is 13.6. The molecule has 1 amide bonds. The number of hydrogen-bond acceptors (Lipinski definition) is 4. The van der Waals surface area contributed by atoms with Gasteiger partial charge in [0.05, 0.1) is 6.54 Å². The molecule has 0 N–H and O–H groups in total. The monoisotopic (exact) mass is 340 g/mol. The third kappa shape index (κ3) is 4.17. The summed E-state index contributed by atoms with van der Waals surface area (Å²) < 4.78 is 5.74. The van der Waals surface area contributed by atoms with Crippen molar-refractivity contribution in [2.75, 3.05) is 13.1 Å². The van der Waals surface area contributed by atoms with Gasteiger partial charge in [-0.3, -0.25) is 14.7 Å². The molecule has 0 saturated carbocycles. The minimum atomic E-state index is -0.534. The van der Waals surface area contributed by atoms with E-state index in [9.17, 15) is 4.79 Å². The lowest BCUT2D eigenvalue weighted by molar-refractivity contribution is -0.133. The number of nitrogens with zero attached hydrogens (tertiary/aromatic N) is 2. The summed E-state index contributed by atoms with van der Waals surface area (Å²) in [4.78, 5) is 18.9. The molecule has 0 bridgehead atoms. The van der Waals surface area contributed by atoms with Crippen molar-refractivity contribution in [1.82, 2.24) is 4.90 Å². The van der Waals surface area contributed by atoms with Crippen LogP contribution in [0.2, 0.25) is 0 Å². The summed E-state index contributed by atoms with van der Waals surface area (Å²) in [6, 6.07) is 19.6. The smallest absolute Gasteiger partial charge is 0.269 e. The minimum absolute atomic E-state index is 0.0457. The van der Waals surface area contributed by atoms with Crippen molar-refractivity contribution in [3.63, 3.8) is 0 Å². The van der Waals surface area contributed by atoms with Gasteiger partial charge in [-0.2, -0.15) is 0 Å². The van der Waals surface area contributed by atoms with Gasteiger partial charge in [0.1, 0.15) is 5.75 Å². The van der Waals surface area contributed by atoms with E-state index >= 15 is 0 Å². The molecular formula is C19H20N2O2S. The first-order valence-corrected chi connectivity index (χ1v) is 8.97. The fourth-order valence-corrected chi connectivity index (χ4v) is 3.46. The van der Waals surface area contributed by atoms with Gasteiger partial charge in [-0.25, -0.2) is 0 Å². The summed E-state index contributed by atoms with van der Waals surface area (Å²) in [5.41, 5.74) is 1.22. The van der Waals surface area contributed by atoms with Gasteiger partial charge in [0.15, 0.2) is 11.3 Å². The summed E-state index contributed by atoms with van der Waals surface area (Å²) in [7, 11) is 0. The Balaban J connectivity index is 1.58. The molecule has 2 aromatic rings. The molecule has 0 saturated heterocycles. The zero-order chi connectivity index (χ0) is 16.8. The van der Waals surface area contributed by atoms with Crippen LogP contribution in [0.1, 0.15) is 12.5 Å². The molecule has 0 spiro atoms. The van der Waals surface area contributed by atoms with Crippen molar-refractivity contribution >= 4 is 22.8 Å². The molecule has 0 fully saturated rings. The molecule has 0 aliphatic carbocycles. The van der Waals surface area contributed by atoms with E-state index in [4.69, 9.17) is 4.74 Å². The molecule has 1 aliphatic heterocycles. The average Bonchev–Trinajstić information content (AvgIpc) is 3.09. The molecule has 124 valence electrons. The number of aliphatic imine (C=N–C) groups is 1. The predicted octanol–water partition coefficient (Wildman–Crippen LogP) is 3.59. The maximum Gasteiger partial charge on any atom is 0.269 e. The van der Waals surface area contributed by atoms with Crippen LogP contribution in [-0.2, 0) is 10.5 Å². The number of ether oxygens (including phenoxy) is 1. The lowest BCUT2D eigenvalue weighted by Gasteiger charge is -2.22. The fourth-order valence-electron chi connectivity index (χ4n) is 2.45. The number of carbonyl (C=O) groups is 1. The van der Waals surface area contributed by atoms with Crippen molar-refractivity contribution in [1.29, 1.82) is 0 Å². The molecule has 0 unspecified atom stereocenters. The number of carbonyl (C=O) groups excluding carboxylic acids is 1. The van der Waals surface area contributed by atoms with Gasteiger partial charge >= 0.3 is 0 Å². The Morgan fingerprint density at radius 3 is 2.54 bits per heavy atom. The molecule has 2 aromatic carbocycles. The summed E-state index contributed by atoms with van der Waals surface area (Å²) in [6.07, 6.45) is -0.534. The molecule has 4 nitrogen and oxygen atoms in total. The lowest BCUT2D eigenvalue weighted by atomic mass is 10.2. The number of amidine groups is 1. The zero-order valence-corrected chi connectivity index (χ0v) is 14.4. The van der Waals surface area contributed by atoms with Crippen LogP contribution in [0.5, 0.6) is 5.75 Å². The van der Waals surface area contributed by atoms with Gasteiger partial charge in [-0.1, -0.05) is 60.3 Å². The topological polar surface area (TPSA) is 41.9 Å². The van der Waals surface area contributed by atoms with E-state index in [2.05, 4.69) is 17.1 Å². The van der Waals surface area contributed by atoms with E-state index in [1.807, 2.05) is 48.5 Å². The molecule has 24 heavy (non-hydrogen) atoms. The fraction of sp³-hybridized carbons (Fsp3) is 0.263. The Morgan fingerprint density at radius 1 is 1.17 bits per heavy atom. The van der Waals surface area contributed by atoms with Crippen molar-refractivity contribution < 1.29 is 9.53 Å². The predicted molar refractivity (Wildman–Crippen MR) is 98.3 cm³/mol. The maximum atomic E-state index is 12.7. The van der Waals surface area contributed by atoms with E-state index < -0.39 is 6.10 Å². The third-order valence-electron chi connectivity index (χ3n) is 3.68. The molecular weight excluding hydrogens is 320 g/mol. The van der Waals surface area contributed by atoms with Gasteiger partial charge < -0.3 is 4.74 Å². The van der Waals surface area contributed by atoms with Gasteiger partial charge in [0.2, 0.25) is 0 Å². The molecule has 1 aliphatic rings. The number of thioether (sulfide) groups is 1.